The second kappa shape index (κ2) is 3.43. The predicted octanol–water partition coefficient (Wildman–Crippen LogP) is 1.65. The normalized spacial score (nSPS) is 21.1. The number of carbonyl (C=O) groups excluding carboxylic acids is 1. The van der Waals surface area contributed by atoms with Crippen LogP contribution in [0.25, 0.3) is 0 Å². The average molecular weight is 207 g/mol. The maximum absolute atomic E-state index is 10.9. The third-order valence-electron chi connectivity index (χ3n) is 2.75. The van der Waals surface area contributed by atoms with Crippen LogP contribution in [-0.4, -0.2) is 21.1 Å². The number of carbonyl (C=O) groups is 1. The van der Waals surface area contributed by atoms with E-state index in [1.165, 1.54) is 0 Å². The van der Waals surface area contributed by atoms with E-state index in [1.54, 1.807) is 0 Å². The van der Waals surface area contributed by atoms with Gasteiger partial charge in [-0.05, 0) is 12.8 Å². The fourth-order valence-corrected chi connectivity index (χ4v) is 1.83. The monoisotopic (exact) mass is 207 g/mol. The number of aromatic nitrogens is 3. The molecule has 0 radical (unpaired) electrons. The first-order chi connectivity index (χ1) is 7.02. The molecule has 0 spiro atoms. The highest BCUT2D eigenvalue weighted by molar-refractivity contribution is 5.60. The van der Waals surface area contributed by atoms with E-state index in [-0.39, 0.29) is 11.3 Å². The third kappa shape index (κ3) is 1.80. The van der Waals surface area contributed by atoms with Crippen LogP contribution in [0.1, 0.15) is 51.2 Å². The molecule has 0 amide bonds. The molecule has 0 saturated heterocycles. The van der Waals surface area contributed by atoms with Crippen LogP contribution in [0.15, 0.2) is 0 Å². The van der Waals surface area contributed by atoms with E-state index in [1.807, 2.05) is 4.68 Å². The SMILES string of the molecule is CC(C)(C)c1nc2n(n1)CCCC2C=O. The van der Waals surface area contributed by atoms with Gasteiger partial charge in [-0.25, -0.2) is 9.67 Å². The summed E-state index contributed by atoms with van der Waals surface area (Å²) >= 11 is 0. The molecule has 4 nitrogen and oxygen atoms in total. The number of hydrogen-bond donors (Lipinski definition) is 0. The van der Waals surface area contributed by atoms with Gasteiger partial charge < -0.3 is 4.79 Å². The molecule has 0 aliphatic carbocycles. The van der Waals surface area contributed by atoms with Crippen LogP contribution in [-0.2, 0) is 16.8 Å². The summed E-state index contributed by atoms with van der Waals surface area (Å²) in [6.07, 6.45) is 2.92. The number of aryl methyl sites for hydroxylation is 1. The van der Waals surface area contributed by atoms with Crippen molar-refractivity contribution in [2.75, 3.05) is 0 Å². The summed E-state index contributed by atoms with van der Waals surface area (Å²) in [5.74, 6) is 1.63. The molecule has 0 fully saturated rings. The summed E-state index contributed by atoms with van der Waals surface area (Å²) < 4.78 is 1.89. The first kappa shape index (κ1) is 10.3. The van der Waals surface area contributed by atoms with Crippen LogP contribution in [0.3, 0.4) is 0 Å². The summed E-state index contributed by atoms with van der Waals surface area (Å²) in [7, 11) is 0. The van der Waals surface area contributed by atoms with Crippen molar-refractivity contribution >= 4 is 6.29 Å². The standard InChI is InChI=1S/C11H17N3O/c1-11(2,3)10-12-9-8(7-15)5-4-6-14(9)13-10/h7-8H,4-6H2,1-3H3. The highest BCUT2D eigenvalue weighted by Crippen LogP contribution is 2.26. The van der Waals surface area contributed by atoms with Crippen molar-refractivity contribution in [3.05, 3.63) is 11.6 Å². The van der Waals surface area contributed by atoms with E-state index in [4.69, 9.17) is 0 Å². The van der Waals surface area contributed by atoms with Gasteiger partial charge in [0.15, 0.2) is 5.82 Å². The zero-order valence-corrected chi connectivity index (χ0v) is 9.53. The van der Waals surface area contributed by atoms with Crippen LogP contribution < -0.4 is 0 Å². The fourth-order valence-electron chi connectivity index (χ4n) is 1.83. The summed E-state index contributed by atoms with van der Waals surface area (Å²) in [5, 5.41) is 4.47. The maximum atomic E-state index is 10.9. The Morgan fingerprint density at radius 3 is 2.80 bits per heavy atom. The lowest BCUT2D eigenvalue weighted by molar-refractivity contribution is -0.109. The zero-order valence-electron chi connectivity index (χ0n) is 9.53. The maximum Gasteiger partial charge on any atom is 0.156 e. The zero-order chi connectivity index (χ0) is 11.1. The molecule has 82 valence electrons. The van der Waals surface area contributed by atoms with Crippen molar-refractivity contribution in [1.82, 2.24) is 14.8 Å². The Balaban J connectivity index is 2.42. The van der Waals surface area contributed by atoms with E-state index >= 15 is 0 Å². The molecule has 1 aromatic heterocycles. The van der Waals surface area contributed by atoms with E-state index in [2.05, 4.69) is 30.9 Å². The van der Waals surface area contributed by atoms with Crippen LogP contribution in [0.4, 0.5) is 0 Å². The Labute approximate surface area is 89.7 Å². The topological polar surface area (TPSA) is 47.8 Å². The summed E-state index contributed by atoms with van der Waals surface area (Å²) in [4.78, 5) is 15.4. The lowest BCUT2D eigenvalue weighted by Gasteiger charge is -2.16. The largest absolute Gasteiger partial charge is 0.303 e. The van der Waals surface area contributed by atoms with Crippen molar-refractivity contribution < 1.29 is 4.79 Å². The molecule has 0 N–H and O–H groups in total. The molecule has 1 aliphatic heterocycles. The molecule has 1 atom stereocenters. The molecule has 15 heavy (non-hydrogen) atoms. The molecule has 0 saturated carbocycles. The lowest BCUT2D eigenvalue weighted by atomic mass is 9.96. The number of aldehydes is 1. The van der Waals surface area contributed by atoms with Crippen molar-refractivity contribution in [3.8, 4) is 0 Å². The third-order valence-corrected chi connectivity index (χ3v) is 2.75. The minimum absolute atomic E-state index is 0.0439. The molecular formula is C11H17N3O. The summed E-state index contributed by atoms with van der Waals surface area (Å²) in [6, 6.07) is 0. The minimum Gasteiger partial charge on any atom is -0.303 e. The quantitative estimate of drug-likeness (QED) is 0.658. The minimum atomic E-state index is -0.0534. The molecule has 2 heterocycles. The Bertz CT molecular complexity index is 376. The first-order valence-electron chi connectivity index (χ1n) is 5.43. The molecule has 1 aliphatic rings. The molecule has 1 unspecified atom stereocenters. The van der Waals surface area contributed by atoms with Crippen molar-refractivity contribution in [2.24, 2.45) is 0 Å². The fraction of sp³-hybridized carbons (Fsp3) is 0.727. The Hall–Kier alpha value is -1.19. The van der Waals surface area contributed by atoms with Crippen molar-refractivity contribution in [3.63, 3.8) is 0 Å². The van der Waals surface area contributed by atoms with Gasteiger partial charge in [-0.1, -0.05) is 20.8 Å². The van der Waals surface area contributed by atoms with Gasteiger partial charge in [0.25, 0.3) is 0 Å². The first-order valence-corrected chi connectivity index (χ1v) is 5.43. The number of rotatable bonds is 1. The van der Waals surface area contributed by atoms with Crippen molar-refractivity contribution in [2.45, 2.75) is 51.5 Å². The molecule has 2 rings (SSSR count). The lowest BCUT2D eigenvalue weighted by Crippen LogP contribution is -2.17. The Kier molecular flexibility index (Phi) is 2.37. The van der Waals surface area contributed by atoms with Gasteiger partial charge in [0.05, 0.1) is 5.92 Å². The number of nitrogens with zero attached hydrogens (tertiary/aromatic N) is 3. The van der Waals surface area contributed by atoms with Gasteiger partial charge in [-0.15, -0.1) is 0 Å². The Morgan fingerprint density at radius 2 is 2.20 bits per heavy atom. The van der Waals surface area contributed by atoms with Crippen LogP contribution in [0, 0.1) is 0 Å². The van der Waals surface area contributed by atoms with E-state index in [0.717, 1.165) is 37.3 Å². The van der Waals surface area contributed by atoms with E-state index in [9.17, 15) is 4.79 Å². The van der Waals surface area contributed by atoms with Crippen LogP contribution in [0.2, 0.25) is 0 Å². The van der Waals surface area contributed by atoms with Crippen LogP contribution >= 0.6 is 0 Å². The van der Waals surface area contributed by atoms with Gasteiger partial charge in [-0.2, -0.15) is 5.10 Å². The smallest absolute Gasteiger partial charge is 0.156 e. The highest BCUT2D eigenvalue weighted by atomic mass is 16.1. The molecule has 4 heteroatoms. The second-order valence-corrected chi connectivity index (χ2v) is 5.15. The Morgan fingerprint density at radius 1 is 1.47 bits per heavy atom. The van der Waals surface area contributed by atoms with Gasteiger partial charge in [0.2, 0.25) is 0 Å². The number of hydrogen-bond acceptors (Lipinski definition) is 3. The van der Waals surface area contributed by atoms with E-state index in [0.29, 0.717) is 0 Å². The molecule has 0 aromatic carbocycles. The predicted molar refractivity (Wildman–Crippen MR) is 56.8 cm³/mol. The second-order valence-electron chi connectivity index (χ2n) is 5.15. The highest BCUT2D eigenvalue weighted by Gasteiger charge is 2.27. The van der Waals surface area contributed by atoms with Gasteiger partial charge >= 0.3 is 0 Å². The molecular weight excluding hydrogens is 190 g/mol. The van der Waals surface area contributed by atoms with Crippen LogP contribution in [0.5, 0.6) is 0 Å². The van der Waals surface area contributed by atoms with Gasteiger partial charge in [0, 0.05) is 12.0 Å². The average Bonchev–Trinajstić information content (AvgIpc) is 2.59. The number of fused-ring (bicyclic) bond motifs is 1. The van der Waals surface area contributed by atoms with Gasteiger partial charge in [-0.3, -0.25) is 0 Å². The summed E-state index contributed by atoms with van der Waals surface area (Å²) in [6.45, 7) is 7.15. The summed E-state index contributed by atoms with van der Waals surface area (Å²) in [5.41, 5.74) is -0.0439. The van der Waals surface area contributed by atoms with Crippen molar-refractivity contribution in [1.29, 1.82) is 0 Å². The molecule has 0 bridgehead atoms. The van der Waals surface area contributed by atoms with Gasteiger partial charge in [0.1, 0.15) is 12.1 Å². The molecule has 1 aromatic rings. The van der Waals surface area contributed by atoms with E-state index < -0.39 is 0 Å².